The van der Waals surface area contributed by atoms with Crippen molar-refractivity contribution in [3.05, 3.63) is 51.1 Å². The Bertz CT molecular complexity index is 1950. The van der Waals surface area contributed by atoms with Crippen LogP contribution in [0.15, 0.2) is 12.1 Å². The molecule has 0 aromatic heterocycles. The summed E-state index contributed by atoms with van der Waals surface area (Å²) < 4.78 is 47.2. The summed E-state index contributed by atoms with van der Waals surface area (Å²) in [4.78, 5) is 42.7. The zero-order valence-electron chi connectivity index (χ0n) is 31.9. The molecule has 6 N–H and O–H groups in total. The van der Waals surface area contributed by atoms with E-state index in [9.17, 15) is 39.9 Å². The Morgan fingerprint density at radius 2 is 1.64 bits per heavy atom. The third kappa shape index (κ3) is 5.40. The summed E-state index contributed by atoms with van der Waals surface area (Å²) in [6.45, 7) is 6.38. The molecule has 0 spiro atoms. The molecule has 0 saturated carbocycles. The summed E-state index contributed by atoms with van der Waals surface area (Å²) in [6.07, 6.45) is -9.19. The van der Waals surface area contributed by atoms with Crippen molar-refractivity contribution in [2.45, 2.75) is 112 Å². The summed E-state index contributed by atoms with van der Waals surface area (Å²) >= 11 is 0. The summed E-state index contributed by atoms with van der Waals surface area (Å²) in [5.41, 5.74) is -6.57. The van der Waals surface area contributed by atoms with Gasteiger partial charge in [0.05, 0.1) is 47.7 Å². The van der Waals surface area contributed by atoms with Crippen LogP contribution < -0.4 is 10.1 Å². The van der Waals surface area contributed by atoms with Gasteiger partial charge in [-0.05, 0) is 52.4 Å². The van der Waals surface area contributed by atoms with Crippen LogP contribution in [0.5, 0.6) is 17.2 Å². The number of aliphatic hydroxyl groups is 3. The van der Waals surface area contributed by atoms with Crippen molar-refractivity contribution in [3.8, 4) is 17.2 Å². The number of fused-ring (bicyclic) bond motifs is 8. The van der Waals surface area contributed by atoms with Crippen molar-refractivity contribution in [2.75, 3.05) is 35.5 Å². The molecule has 2 aromatic carbocycles. The topological polar surface area (TPSA) is 238 Å². The second kappa shape index (κ2) is 13.4. The van der Waals surface area contributed by atoms with Crippen molar-refractivity contribution < 1.29 is 77.8 Å². The van der Waals surface area contributed by atoms with Gasteiger partial charge in [0.15, 0.2) is 12.1 Å². The van der Waals surface area contributed by atoms with Gasteiger partial charge >= 0.3 is 5.97 Å². The van der Waals surface area contributed by atoms with E-state index in [4.69, 9.17) is 37.9 Å². The number of phenolic OH excluding ortho intramolecular Hbond substituents is 2. The van der Waals surface area contributed by atoms with Crippen molar-refractivity contribution in [1.29, 1.82) is 0 Å². The Hall–Kier alpha value is -3.75. The molecule has 13 atom stereocenters. The zero-order chi connectivity index (χ0) is 40.3. The molecule has 3 heterocycles. The lowest BCUT2D eigenvalue weighted by Crippen LogP contribution is -2.68. The highest BCUT2D eigenvalue weighted by atomic mass is 16.7. The standard InChI is InChI=1S/C38H47NO16/c1-13-31(48-6)38(4,51-9)32(49-7)35(52-13)53-18-12-36(2,47)23(33(46)50-8)14-10-15-20(26(42)19(14)18)27(43)21-17(40)11-16-29(22(21)25(15)41)54-34-28(44)24(39-5)30(45)37(16,3)55-34/h10-11,13,18,23-24,28,30-32,34-35,39-40,42,44-45,47H,12H2,1-9H3. The van der Waals surface area contributed by atoms with Gasteiger partial charge in [0.25, 0.3) is 0 Å². The molecule has 7 rings (SSSR count). The van der Waals surface area contributed by atoms with Crippen LogP contribution in [0.2, 0.25) is 0 Å². The van der Waals surface area contributed by atoms with Gasteiger partial charge in [0.2, 0.25) is 12.1 Å². The van der Waals surface area contributed by atoms with Crippen LogP contribution in [0, 0.1) is 0 Å². The number of benzene rings is 2. The van der Waals surface area contributed by atoms with E-state index in [1.807, 2.05) is 0 Å². The fourth-order valence-electron chi connectivity index (χ4n) is 9.45. The number of ether oxygens (including phenoxy) is 8. The second-order valence-corrected chi connectivity index (χ2v) is 15.3. The largest absolute Gasteiger partial charge is 0.507 e. The Labute approximate surface area is 316 Å². The Kier molecular flexibility index (Phi) is 9.64. The monoisotopic (exact) mass is 773 g/mol. The van der Waals surface area contributed by atoms with Crippen LogP contribution >= 0.6 is 0 Å². The molecule has 2 aromatic rings. The minimum Gasteiger partial charge on any atom is -0.507 e. The minimum absolute atomic E-state index is 0.0310. The number of nitrogens with one attached hydrogen (secondary N) is 1. The van der Waals surface area contributed by atoms with E-state index in [1.165, 1.54) is 48.3 Å². The first-order valence-corrected chi connectivity index (χ1v) is 17.9. The van der Waals surface area contributed by atoms with E-state index in [1.54, 1.807) is 13.8 Å². The molecule has 13 unspecified atom stereocenters. The maximum Gasteiger partial charge on any atom is 0.316 e. The number of carbonyl (C=O) groups is 3. The molecule has 2 saturated heterocycles. The van der Waals surface area contributed by atoms with Gasteiger partial charge in [-0.2, -0.15) is 0 Å². The number of aliphatic hydroxyl groups excluding tert-OH is 2. The Morgan fingerprint density at radius 3 is 2.24 bits per heavy atom. The quantitative estimate of drug-likeness (QED) is 0.182. The van der Waals surface area contributed by atoms with Crippen molar-refractivity contribution in [2.24, 2.45) is 0 Å². The molecule has 2 fully saturated rings. The fourth-order valence-corrected chi connectivity index (χ4v) is 9.45. The molecule has 55 heavy (non-hydrogen) atoms. The molecule has 2 bridgehead atoms. The van der Waals surface area contributed by atoms with Gasteiger partial charge < -0.3 is 68.7 Å². The highest BCUT2D eigenvalue weighted by Crippen LogP contribution is 2.56. The van der Waals surface area contributed by atoms with Crippen LogP contribution in [-0.2, 0) is 43.6 Å². The van der Waals surface area contributed by atoms with Gasteiger partial charge in [-0.3, -0.25) is 14.4 Å². The van der Waals surface area contributed by atoms with Crippen molar-refractivity contribution in [3.63, 3.8) is 0 Å². The van der Waals surface area contributed by atoms with Crippen LogP contribution in [-0.4, -0.2) is 139 Å². The zero-order valence-corrected chi connectivity index (χ0v) is 31.9. The van der Waals surface area contributed by atoms with Gasteiger partial charge in [0, 0.05) is 44.4 Å². The first-order valence-electron chi connectivity index (χ1n) is 17.9. The highest BCUT2D eigenvalue weighted by Gasteiger charge is 2.60. The molecular formula is C38H47NO16. The molecule has 300 valence electrons. The number of aromatic hydroxyl groups is 2. The van der Waals surface area contributed by atoms with E-state index in [-0.39, 0.29) is 34.4 Å². The number of phenols is 2. The maximum absolute atomic E-state index is 14.7. The lowest BCUT2D eigenvalue weighted by atomic mass is 9.68. The third-order valence-electron chi connectivity index (χ3n) is 12.3. The van der Waals surface area contributed by atoms with Gasteiger partial charge in [0.1, 0.15) is 58.8 Å². The summed E-state index contributed by atoms with van der Waals surface area (Å²) in [7, 11) is 7.05. The van der Waals surface area contributed by atoms with E-state index < -0.39 is 124 Å². The first-order chi connectivity index (χ1) is 25.9. The molecule has 2 aliphatic carbocycles. The Balaban J connectivity index is 1.40. The fraction of sp³-hybridized carbons (Fsp3) is 0.605. The molecule has 17 heteroatoms. The number of methoxy groups -OCH3 is 4. The average Bonchev–Trinajstić information content (AvgIpc) is 3.12. The Morgan fingerprint density at radius 1 is 0.964 bits per heavy atom. The molecule has 3 aliphatic heterocycles. The number of esters is 1. The number of likely N-dealkylation sites (N-methyl/N-ethyl adjacent to an activating group) is 1. The molecule has 5 aliphatic rings. The van der Waals surface area contributed by atoms with E-state index in [2.05, 4.69) is 5.32 Å². The van der Waals surface area contributed by atoms with Crippen LogP contribution in [0.3, 0.4) is 0 Å². The minimum atomic E-state index is -1.91. The first kappa shape index (κ1) is 39.5. The van der Waals surface area contributed by atoms with E-state index >= 15 is 0 Å². The van der Waals surface area contributed by atoms with Crippen LogP contribution in [0.1, 0.15) is 94.7 Å². The number of rotatable bonds is 7. The smallest absolute Gasteiger partial charge is 0.316 e. The summed E-state index contributed by atoms with van der Waals surface area (Å²) in [6, 6.07) is 1.43. The lowest BCUT2D eigenvalue weighted by Gasteiger charge is -2.52. The maximum atomic E-state index is 14.7. The van der Waals surface area contributed by atoms with Gasteiger partial charge in [-0.15, -0.1) is 0 Å². The van der Waals surface area contributed by atoms with Crippen molar-refractivity contribution in [1.82, 2.24) is 5.32 Å². The number of hydrogen-bond acceptors (Lipinski definition) is 17. The number of carbonyl (C=O) groups excluding carboxylic acids is 3. The van der Waals surface area contributed by atoms with E-state index in [0.29, 0.717) is 0 Å². The van der Waals surface area contributed by atoms with Gasteiger partial charge in [-0.25, -0.2) is 0 Å². The van der Waals surface area contributed by atoms with Crippen LogP contribution in [0.4, 0.5) is 0 Å². The average molecular weight is 774 g/mol. The van der Waals surface area contributed by atoms with Crippen molar-refractivity contribution >= 4 is 17.5 Å². The highest BCUT2D eigenvalue weighted by molar-refractivity contribution is 6.31. The number of hydrogen-bond donors (Lipinski definition) is 6. The summed E-state index contributed by atoms with van der Waals surface area (Å²) in [5, 5.41) is 60.6. The normalized spacial score (nSPS) is 39.0. The molecule has 0 amide bonds. The number of ketones is 2. The van der Waals surface area contributed by atoms with E-state index in [0.717, 1.165) is 13.2 Å². The third-order valence-corrected chi connectivity index (χ3v) is 12.3. The predicted octanol–water partition coefficient (Wildman–Crippen LogP) is 0.796. The summed E-state index contributed by atoms with van der Waals surface area (Å²) in [5.74, 6) is -5.87. The molecule has 0 radical (unpaired) electrons. The van der Waals surface area contributed by atoms with Gasteiger partial charge in [-0.1, -0.05) is 0 Å². The lowest BCUT2D eigenvalue weighted by molar-refractivity contribution is -0.345. The molecule has 17 nitrogen and oxygen atoms in total. The van der Waals surface area contributed by atoms with Crippen LogP contribution in [0.25, 0.3) is 0 Å². The second-order valence-electron chi connectivity index (χ2n) is 15.3. The predicted molar refractivity (Wildman–Crippen MR) is 186 cm³/mol. The molecular weight excluding hydrogens is 726 g/mol. The SMILES string of the molecule is CNC1C(O)C2Oc3c(cc(O)c4c3C(=O)c3cc5c(c(O)c3C4=O)C(OC3OC(C)C(OC)C(C)(OC)C3OC)CC(C)(O)C5C(=O)OC)C(C)(O2)C1O.